The quantitative estimate of drug-likeness (QED) is 0.192. The number of methoxy groups -OCH3 is 2. The van der Waals surface area contributed by atoms with Gasteiger partial charge in [0, 0.05) is 11.3 Å². The van der Waals surface area contributed by atoms with Crippen molar-refractivity contribution in [3.63, 3.8) is 0 Å². The van der Waals surface area contributed by atoms with Gasteiger partial charge in [0.15, 0.2) is 0 Å². The standard InChI is InChI=1S/C32H35NO6/c1-7-16-39-24-12-8-21(9-13-24)29-28(30(34)26-18-25(19(2)3)27(38-6)17-20(26)4)31(35)32(36)33(29)22-10-14-23(37-5)15-11-22/h8-15,17-19,29,34H,7,16H2,1-6H3/b30-28+. The number of nitrogens with zero attached hydrogens (tertiary/aromatic N) is 1. The summed E-state index contributed by atoms with van der Waals surface area (Å²) in [5.41, 5.74) is 3.32. The van der Waals surface area contributed by atoms with Crippen molar-refractivity contribution in [2.75, 3.05) is 25.7 Å². The SMILES string of the molecule is CCCOc1ccc(C2/C(=C(\O)c3cc(C(C)C)c(OC)cc3C)C(=O)C(=O)N2c2ccc(OC)cc2)cc1. The number of carbonyl (C=O) groups excluding carboxylic acids is 2. The second-order valence-corrected chi connectivity index (χ2v) is 9.85. The maximum absolute atomic E-state index is 13.6. The molecule has 3 aromatic carbocycles. The number of carbonyl (C=O) groups is 2. The van der Waals surface area contributed by atoms with E-state index in [1.807, 2.05) is 64.1 Å². The molecular weight excluding hydrogens is 494 g/mol. The highest BCUT2D eigenvalue weighted by molar-refractivity contribution is 6.51. The highest BCUT2D eigenvalue weighted by Crippen LogP contribution is 2.44. The molecule has 1 aliphatic rings. The monoisotopic (exact) mass is 529 g/mol. The first-order valence-corrected chi connectivity index (χ1v) is 13.1. The van der Waals surface area contributed by atoms with Gasteiger partial charge in [-0.1, -0.05) is 32.9 Å². The summed E-state index contributed by atoms with van der Waals surface area (Å²) in [5, 5.41) is 11.7. The van der Waals surface area contributed by atoms with Crippen LogP contribution in [0.1, 0.15) is 61.4 Å². The van der Waals surface area contributed by atoms with Crippen molar-refractivity contribution in [2.24, 2.45) is 0 Å². The summed E-state index contributed by atoms with van der Waals surface area (Å²) >= 11 is 0. The first-order valence-electron chi connectivity index (χ1n) is 13.1. The number of benzene rings is 3. The molecule has 0 aliphatic carbocycles. The molecule has 1 saturated heterocycles. The van der Waals surface area contributed by atoms with E-state index in [9.17, 15) is 14.7 Å². The van der Waals surface area contributed by atoms with Crippen LogP contribution >= 0.6 is 0 Å². The normalized spacial score (nSPS) is 16.6. The van der Waals surface area contributed by atoms with Crippen molar-refractivity contribution >= 4 is 23.1 Å². The van der Waals surface area contributed by atoms with Crippen LogP contribution in [0, 0.1) is 6.92 Å². The van der Waals surface area contributed by atoms with Gasteiger partial charge in [0.2, 0.25) is 0 Å². The van der Waals surface area contributed by atoms with Crippen molar-refractivity contribution < 1.29 is 28.9 Å². The van der Waals surface area contributed by atoms with Crippen molar-refractivity contribution in [1.82, 2.24) is 0 Å². The van der Waals surface area contributed by atoms with Gasteiger partial charge in [0.05, 0.1) is 32.4 Å². The van der Waals surface area contributed by atoms with E-state index in [-0.39, 0.29) is 17.3 Å². The third-order valence-electron chi connectivity index (χ3n) is 6.92. The molecule has 39 heavy (non-hydrogen) atoms. The number of aryl methyl sites for hydroxylation is 1. The maximum Gasteiger partial charge on any atom is 0.300 e. The Hall–Kier alpha value is -4.26. The molecule has 1 N–H and O–H groups in total. The number of ketones is 1. The number of hydrogen-bond donors (Lipinski definition) is 1. The zero-order chi connectivity index (χ0) is 28.3. The summed E-state index contributed by atoms with van der Waals surface area (Å²) < 4.78 is 16.6. The van der Waals surface area contributed by atoms with Gasteiger partial charge in [-0.3, -0.25) is 14.5 Å². The molecule has 1 heterocycles. The number of aliphatic hydroxyl groups is 1. The van der Waals surface area contributed by atoms with Crippen molar-refractivity contribution in [2.45, 2.75) is 46.1 Å². The van der Waals surface area contributed by atoms with Gasteiger partial charge in [0.25, 0.3) is 11.7 Å². The third kappa shape index (κ3) is 5.35. The van der Waals surface area contributed by atoms with Crippen molar-refractivity contribution in [1.29, 1.82) is 0 Å². The van der Waals surface area contributed by atoms with Crippen LogP contribution < -0.4 is 19.1 Å². The van der Waals surface area contributed by atoms with E-state index in [0.29, 0.717) is 40.7 Å². The van der Waals surface area contributed by atoms with E-state index < -0.39 is 17.7 Å². The fourth-order valence-electron chi connectivity index (χ4n) is 4.85. The van der Waals surface area contributed by atoms with Gasteiger partial charge in [-0.25, -0.2) is 0 Å². The Balaban J connectivity index is 1.92. The number of anilines is 1. The van der Waals surface area contributed by atoms with Crippen LogP contribution in [-0.2, 0) is 9.59 Å². The predicted octanol–water partition coefficient (Wildman–Crippen LogP) is 6.55. The first-order chi connectivity index (χ1) is 18.7. The minimum absolute atomic E-state index is 0.0287. The lowest BCUT2D eigenvalue weighted by Gasteiger charge is -2.26. The number of aliphatic hydroxyl groups excluding tert-OH is 1. The van der Waals surface area contributed by atoms with E-state index in [1.54, 1.807) is 38.5 Å². The fraction of sp³-hybridized carbons (Fsp3) is 0.312. The molecule has 204 valence electrons. The average Bonchev–Trinajstić information content (AvgIpc) is 3.21. The van der Waals surface area contributed by atoms with E-state index in [1.165, 1.54) is 4.90 Å². The molecule has 1 unspecified atom stereocenters. The Morgan fingerprint density at radius 1 is 0.949 bits per heavy atom. The number of Topliss-reactive ketones (excluding diaryl/α,β-unsaturated/α-hetero) is 1. The summed E-state index contributed by atoms with van der Waals surface area (Å²) in [5.74, 6) is 0.447. The average molecular weight is 530 g/mol. The Morgan fingerprint density at radius 3 is 2.15 bits per heavy atom. The summed E-state index contributed by atoms with van der Waals surface area (Å²) in [6, 6.07) is 17.0. The van der Waals surface area contributed by atoms with Crippen molar-refractivity contribution in [3.8, 4) is 17.2 Å². The molecule has 7 nitrogen and oxygen atoms in total. The Labute approximate surface area is 229 Å². The Kier molecular flexibility index (Phi) is 8.29. The predicted molar refractivity (Wildman–Crippen MR) is 152 cm³/mol. The molecule has 0 aromatic heterocycles. The smallest absolute Gasteiger partial charge is 0.300 e. The molecule has 7 heteroatoms. The Bertz CT molecular complexity index is 1390. The molecule has 1 atom stereocenters. The van der Waals surface area contributed by atoms with Gasteiger partial charge in [-0.2, -0.15) is 0 Å². The minimum Gasteiger partial charge on any atom is -0.507 e. The summed E-state index contributed by atoms with van der Waals surface area (Å²) in [7, 11) is 3.17. The highest BCUT2D eigenvalue weighted by Gasteiger charge is 2.47. The van der Waals surface area contributed by atoms with Gasteiger partial charge >= 0.3 is 0 Å². The van der Waals surface area contributed by atoms with Gasteiger partial charge in [-0.15, -0.1) is 0 Å². The summed E-state index contributed by atoms with van der Waals surface area (Å²) in [6.45, 7) is 8.51. The number of ether oxygens (including phenoxy) is 3. The lowest BCUT2D eigenvalue weighted by atomic mass is 9.91. The second kappa shape index (κ2) is 11.6. The van der Waals surface area contributed by atoms with Crippen LogP contribution in [0.25, 0.3) is 5.76 Å². The van der Waals surface area contributed by atoms with Crippen LogP contribution in [0.15, 0.2) is 66.2 Å². The van der Waals surface area contributed by atoms with E-state index >= 15 is 0 Å². The molecule has 3 aromatic rings. The van der Waals surface area contributed by atoms with E-state index in [0.717, 1.165) is 17.5 Å². The molecular formula is C32H35NO6. The number of hydrogen-bond acceptors (Lipinski definition) is 6. The van der Waals surface area contributed by atoms with Crippen LogP contribution in [0.3, 0.4) is 0 Å². The summed E-state index contributed by atoms with van der Waals surface area (Å²) in [6.07, 6.45) is 0.874. The van der Waals surface area contributed by atoms with E-state index in [4.69, 9.17) is 14.2 Å². The highest BCUT2D eigenvalue weighted by atomic mass is 16.5. The van der Waals surface area contributed by atoms with Gasteiger partial charge in [-0.05, 0) is 84.5 Å². The van der Waals surface area contributed by atoms with Crippen LogP contribution in [0.5, 0.6) is 17.2 Å². The lowest BCUT2D eigenvalue weighted by molar-refractivity contribution is -0.132. The van der Waals surface area contributed by atoms with Crippen LogP contribution in [-0.4, -0.2) is 37.6 Å². The number of amides is 1. The molecule has 0 saturated carbocycles. The lowest BCUT2D eigenvalue weighted by Crippen LogP contribution is -2.29. The first kappa shape index (κ1) is 27.8. The van der Waals surface area contributed by atoms with Gasteiger partial charge < -0.3 is 19.3 Å². The molecule has 4 rings (SSSR count). The molecule has 1 fully saturated rings. The topological polar surface area (TPSA) is 85.3 Å². The fourth-order valence-corrected chi connectivity index (χ4v) is 4.85. The molecule has 1 amide bonds. The number of rotatable bonds is 9. The zero-order valence-electron chi connectivity index (χ0n) is 23.3. The van der Waals surface area contributed by atoms with Crippen molar-refractivity contribution in [3.05, 3.63) is 88.5 Å². The second-order valence-electron chi connectivity index (χ2n) is 9.85. The zero-order valence-corrected chi connectivity index (χ0v) is 23.3. The molecule has 0 spiro atoms. The van der Waals surface area contributed by atoms with Crippen LogP contribution in [0.2, 0.25) is 0 Å². The molecule has 1 aliphatic heterocycles. The minimum atomic E-state index is -0.845. The van der Waals surface area contributed by atoms with Crippen LogP contribution in [0.4, 0.5) is 5.69 Å². The molecule has 0 radical (unpaired) electrons. The maximum atomic E-state index is 13.6. The largest absolute Gasteiger partial charge is 0.507 e. The van der Waals surface area contributed by atoms with Gasteiger partial charge in [0.1, 0.15) is 23.0 Å². The molecule has 0 bridgehead atoms. The summed E-state index contributed by atoms with van der Waals surface area (Å²) in [4.78, 5) is 28.5. The van der Waals surface area contributed by atoms with E-state index in [2.05, 4.69) is 0 Å². The Morgan fingerprint density at radius 2 is 1.59 bits per heavy atom. The third-order valence-corrected chi connectivity index (χ3v) is 6.92.